The van der Waals surface area contributed by atoms with Crippen molar-refractivity contribution in [3.63, 3.8) is 0 Å². The Morgan fingerprint density at radius 2 is 1.61 bits per heavy atom. The molecule has 0 atom stereocenters. The van der Waals surface area contributed by atoms with Gasteiger partial charge < -0.3 is 0 Å². The maximum absolute atomic E-state index is 13.5. The Balaban J connectivity index is 2.22. The molecule has 28 heavy (non-hydrogen) atoms. The topological polar surface area (TPSA) is 68.1 Å². The molecule has 0 fully saturated rings. The second kappa shape index (κ2) is 6.81. The first-order chi connectivity index (χ1) is 13.4. The van der Waals surface area contributed by atoms with Crippen molar-refractivity contribution in [1.29, 1.82) is 0 Å². The Bertz CT molecular complexity index is 1250. The van der Waals surface area contributed by atoms with E-state index in [-0.39, 0.29) is 5.82 Å². The summed E-state index contributed by atoms with van der Waals surface area (Å²) in [5, 5.41) is 0. The summed E-state index contributed by atoms with van der Waals surface area (Å²) in [6, 6.07) is 12.8. The fourth-order valence-corrected chi connectivity index (χ4v) is 4.30. The van der Waals surface area contributed by atoms with Gasteiger partial charge in [-0.05, 0) is 42.0 Å². The van der Waals surface area contributed by atoms with Crippen LogP contribution in [0.1, 0.15) is 0 Å². The molecule has 1 aromatic carbocycles. The Hall–Kier alpha value is -3.10. The molecule has 3 aromatic heterocycles. The molecule has 0 saturated heterocycles. The maximum Gasteiger partial charge on any atom is 0.308 e. The van der Waals surface area contributed by atoms with Crippen molar-refractivity contribution < 1.29 is 12.8 Å². The summed E-state index contributed by atoms with van der Waals surface area (Å²) < 4.78 is 42.4. The van der Waals surface area contributed by atoms with E-state index >= 15 is 0 Å². The summed E-state index contributed by atoms with van der Waals surface area (Å²) in [7, 11) is -0.907. The molecule has 0 N–H and O–H groups in total. The monoisotopic (exact) mass is 396 g/mol. The van der Waals surface area contributed by atoms with E-state index in [0.717, 1.165) is 4.31 Å². The minimum atomic E-state index is -3.86. The van der Waals surface area contributed by atoms with Crippen LogP contribution in [-0.4, -0.2) is 40.8 Å². The predicted octanol–water partition coefficient (Wildman–Crippen LogP) is 3.56. The molecule has 0 radical (unpaired) electrons. The fraction of sp³-hybridized carbons (Fsp3) is 0.100. The number of pyridine rings is 2. The van der Waals surface area contributed by atoms with E-state index in [2.05, 4.69) is 9.97 Å². The molecular weight excluding hydrogens is 379 g/mol. The van der Waals surface area contributed by atoms with E-state index in [4.69, 9.17) is 0 Å². The van der Waals surface area contributed by atoms with E-state index in [1.165, 1.54) is 30.2 Å². The Kier molecular flexibility index (Phi) is 4.44. The van der Waals surface area contributed by atoms with Crippen LogP contribution in [0.5, 0.6) is 0 Å². The largest absolute Gasteiger partial charge is 0.308 e. The van der Waals surface area contributed by atoms with Crippen LogP contribution < -0.4 is 0 Å². The lowest BCUT2D eigenvalue weighted by Crippen LogP contribution is -2.29. The minimum Gasteiger partial charge on any atom is -0.265 e. The minimum absolute atomic E-state index is 0.369. The van der Waals surface area contributed by atoms with Crippen molar-refractivity contribution in [3.8, 4) is 22.4 Å². The third-order valence-electron chi connectivity index (χ3n) is 4.46. The average Bonchev–Trinajstić information content (AvgIpc) is 3.05. The summed E-state index contributed by atoms with van der Waals surface area (Å²) in [6.45, 7) is 0. The van der Waals surface area contributed by atoms with Crippen LogP contribution >= 0.6 is 0 Å². The predicted molar refractivity (Wildman–Crippen MR) is 106 cm³/mol. The lowest BCUT2D eigenvalue weighted by atomic mass is 10.0. The van der Waals surface area contributed by atoms with E-state index < -0.39 is 10.2 Å². The molecule has 0 saturated carbocycles. The zero-order valence-corrected chi connectivity index (χ0v) is 16.1. The van der Waals surface area contributed by atoms with Crippen molar-refractivity contribution in [1.82, 2.24) is 18.2 Å². The number of hydrogen-bond acceptors (Lipinski definition) is 4. The molecule has 0 aliphatic rings. The Labute approximate surface area is 162 Å². The summed E-state index contributed by atoms with van der Waals surface area (Å²) in [5.74, 6) is -0.369. The molecule has 0 aliphatic heterocycles. The van der Waals surface area contributed by atoms with Crippen LogP contribution in [0.4, 0.5) is 4.39 Å². The summed E-state index contributed by atoms with van der Waals surface area (Å²) in [4.78, 5) is 8.48. The lowest BCUT2D eigenvalue weighted by molar-refractivity contribution is 0.513. The Morgan fingerprint density at radius 1 is 0.929 bits per heavy atom. The second-order valence-corrected chi connectivity index (χ2v) is 8.38. The number of benzene rings is 1. The number of rotatable bonds is 4. The quantitative estimate of drug-likeness (QED) is 0.529. The van der Waals surface area contributed by atoms with E-state index in [1.54, 1.807) is 55.0 Å². The number of aromatic nitrogens is 3. The molecule has 4 aromatic rings. The highest BCUT2D eigenvalue weighted by Crippen LogP contribution is 2.41. The molecule has 6 nitrogen and oxygen atoms in total. The third-order valence-corrected chi connectivity index (χ3v) is 6.22. The van der Waals surface area contributed by atoms with Gasteiger partial charge in [0.1, 0.15) is 5.82 Å². The van der Waals surface area contributed by atoms with Crippen molar-refractivity contribution in [2.45, 2.75) is 0 Å². The van der Waals surface area contributed by atoms with Crippen LogP contribution in [0, 0.1) is 5.82 Å². The number of fused-ring (bicyclic) bond motifs is 1. The number of halogens is 1. The van der Waals surface area contributed by atoms with Crippen LogP contribution in [0.15, 0.2) is 67.1 Å². The average molecular weight is 396 g/mol. The standard InChI is InChI=1S/C20H17FN4O2S/c1-24(2)28(26,27)25-17-4-3-11-23-19(17)18(14-5-7-16(21)8-6-14)20(25)15-9-12-22-13-10-15/h3-13H,1-2H3. The summed E-state index contributed by atoms with van der Waals surface area (Å²) >= 11 is 0. The molecular formula is C20H17FN4O2S. The smallest absolute Gasteiger partial charge is 0.265 e. The van der Waals surface area contributed by atoms with Gasteiger partial charge >= 0.3 is 10.2 Å². The van der Waals surface area contributed by atoms with Crippen molar-refractivity contribution >= 4 is 21.2 Å². The van der Waals surface area contributed by atoms with Gasteiger partial charge in [0, 0.05) is 43.8 Å². The van der Waals surface area contributed by atoms with Gasteiger partial charge in [-0.1, -0.05) is 12.1 Å². The van der Waals surface area contributed by atoms with Gasteiger partial charge in [0.05, 0.1) is 16.7 Å². The van der Waals surface area contributed by atoms with E-state index in [0.29, 0.717) is 33.4 Å². The first kappa shape index (κ1) is 18.3. The molecule has 8 heteroatoms. The first-order valence-electron chi connectivity index (χ1n) is 8.50. The molecule has 0 unspecified atom stereocenters. The zero-order chi connectivity index (χ0) is 19.9. The first-order valence-corrected chi connectivity index (χ1v) is 9.89. The van der Waals surface area contributed by atoms with E-state index in [9.17, 15) is 12.8 Å². The highest BCUT2D eigenvalue weighted by Gasteiger charge is 2.29. The number of nitrogens with zero attached hydrogens (tertiary/aromatic N) is 4. The van der Waals surface area contributed by atoms with Crippen LogP contribution in [0.3, 0.4) is 0 Å². The van der Waals surface area contributed by atoms with Gasteiger partial charge in [-0.2, -0.15) is 12.7 Å². The fourth-order valence-electron chi connectivity index (χ4n) is 3.15. The van der Waals surface area contributed by atoms with Crippen LogP contribution in [0.25, 0.3) is 33.4 Å². The molecule has 4 rings (SSSR count). The van der Waals surface area contributed by atoms with Gasteiger partial charge in [0.2, 0.25) is 0 Å². The van der Waals surface area contributed by atoms with Crippen LogP contribution in [-0.2, 0) is 10.2 Å². The Morgan fingerprint density at radius 3 is 2.25 bits per heavy atom. The van der Waals surface area contributed by atoms with Crippen LogP contribution in [0.2, 0.25) is 0 Å². The normalized spacial score (nSPS) is 12.0. The lowest BCUT2D eigenvalue weighted by Gasteiger charge is -2.17. The molecule has 3 heterocycles. The van der Waals surface area contributed by atoms with Crippen molar-refractivity contribution in [2.75, 3.05) is 14.1 Å². The molecule has 0 amide bonds. The molecule has 0 spiro atoms. The SMILES string of the molecule is CN(C)S(=O)(=O)n1c(-c2ccncc2)c(-c2ccc(F)cc2)c2ncccc21. The highest BCUT2D eigenvalue weighted by atomic mass is 32.2. The number of hydrogen-bond donors (Lipinski definition) is 0. The molecule has 142 valence electrons. The van der Waals surface area contributed by atoms with Crippen molar-refractivity contribution in [3.05, 3.63) is 72.9 Å². The molecule has 0 bridgehead atoms. The zero-order valence-electron chi connectivity index (χ0n) is 15.2. The van der Waals surface area contributed by atoms with Gasteiger partial charge in [0.15, 0.2) is 0 Å². The second-order valence-electron chi connectivity index (χ2n) is 6.39. The summed E-state index contributed by atoms with van der Waals surface area (Å²) in [6.07, 6.45) is 4.81. The van der Waals surface area contributed by atoms with Gasteiger partial charge in [-0.15, -0.1) is 0 Å². The van der Waals surface area contributed by atoms with Gasteiger partial charge in [0.25, 0.3) is 0 Å². The highest BCUT2D eigenvalue weighted by molar-refractivity contribution is 7.87. The summed E-state index contributed by atoms with van der Waals surface area (Å²) in [5.41, 5.74) is 3.37. The van der Waals surface area contributed by atoms with Crippen molar-refractivity contribution in [2.24, 2.45) is 0 Å². The maximum atomic E-state index is 13.5. The third kappa shape index (κ3) is 2.87. The van der Waals surface area contributed by atoms with Gasteiger partial charge in [-0.3, -0.25) is 9.97 Å². The molecule has 0 aliphatic carbocycles. The van der Waals surface area contributed by atoms with Gasteiger partial charge in [-0.25, -0.2) is 8.36 Å². The van der Waals surface area contributed by atoms with E-state index in [1.807, 2.05) is 0 Å².